The Morgan fingerprint density at radius 1 is 1.00 bits per heavy atom. The Kier molecular flexibility index (Phi) is 17.8. The molecule has 0 spiro atoms. The number of unbranched alkanes of at least 4 members (excludes halogenated alkanes) is 1. The van der Waals surface area contributed by atoms with Crippen LogP contribution in [-0.2, 0) is 6.42 Å². The quantitative estimate of drug-likeness (QED) is 0.703. The van der Waals surface area contributed by atoms with E-state index < -0.39 is 0 Å². The van der Waals surface area contributed by atoms with Crippen molar-refractivity contribution in [3.8, 4) is 0 Å². The van der Waals surface area contributed by atoms with Crippen LogP contribution in [0.15, 0.2) is 30.3 Å². The summed E-state index contributed by atoms with van der Waals surface area (Å²) in [5, 5.41) is 0. The minimum absolute atomic E-state index is 0. The van der Waals surface area contributed by atoms with E-state index >= 15 is 0 Å². The zero-order valence-corrected chi connectivity index (χ0v) is 11.1. The maximum atomic E-state index is 2.23. The summed E-state index contributed by atoms with van der Waals surface area (Å²) in [4.78, 5) is 0. The molecule has 0 saturated heterocycles. The van der Waals surface area contributed by atoms with Gasteiger partial charge in [-0.3, -0.25) is 0 Å². The zero-order valence-electron chi connectivity index (χ0n) is 8.03. The van der Waals surface area contributed by atoms with E-state index in [0.29, 0.717) is 0 Å². The van der Waals surface area contributed by atoms with Gasteiger partial charge in [-0.25, -0.2) is 0 Å². The first-order chi connectivity index (χ1) is 4.93. The van der Waals surface area contributed by atoms with Crippen molar-refractivity contribution in [1.29, 1.82) is 0 Å². The predicted molar refractivity (Wildman–Crippen MR) is 70.7 cm³/mol. The van der Waals surface area contributed by atoms with Crippen LogP contribution in [0.1, 0.15) is 25.3 Å². The molecule has 0 radical (unpaired) electrons. The summed E-state index contributed by atoms with van der Waals surface area (Å²) in [6.07, 6.45) is 3.83. The van der Waals surface area contributed by atoms with Crippen molar-refractivity contribution in [1.82, 2.24) is 0 Å². The SMILES string of the molecule is CCCCc1ccccc1.Cl.Cl.P. The maximum Gasteiger partial charge on any atom is -0.0279 e. The highest BCUT2D eigenvalue weighted by Gasteiger charge is 1.87. The zero-order chi connectivity index (χ0) is 7.23. The Balaban J connectivity index is -0.000000333. The summed E-state index contributed by atoms with van der Waals surface area (Å²) in [6.45, 7) is 2.23. The minimum atomic E-state index is 0. The molecule has 0 fully saturated rings. The van der Waals surface area contributed by atoms with Gasteiger partial charge in [-0.05, 0) is 18.4 Å². The van der Waals surface area contributed by atoms with Gasteiger partial charge < -0.3 is 0 Å². The van der Waals surface area contributed by atoms with E-state index in [9.17, 15) is 0 Å². The van der Waals surface area contributed by atoms with Gasteiger partial charge in [0.2, 0.25) is 0 Å². The summed E-state index contributed by atoms with van der Waals surface area (Å²) >= 11 is 0. The average molecular weight is 241 g/mol. The lowest BCUT2D eigenvalue weighted by atomic mass is 10.1. The van der Waals surface area contributed by atoms with Gasteiger partial charge in [0.1, 0.15) is 0 Å². The molecule has 0 aliphatic heterocycles. The first-order valence-electron chi connectivity index (χ1n) is 3.97. The highest BCUT2D eigenvalue weighted by Crippen LogP contribution is 2.03. The molecule has 0 aromatic heterocycles. The van der Waals surface area contributed by atoms with Gasteiger partial charge in [-0.1, -0.05) is 43.7 Å². The topological polar surface area (TPSA) is 0 Å². The molecule has 1 aromatic carbocycles. The number of halogens is 2. The van der Waals surface area contributed by atoms with Crippen LogP contribution >= 0.6 is 34.7 Å². The molecule has 0 saturated carbocycles. The highest BCUT2D eigenvalue weighted by atomic mass is 35.5. The number of hydrogen-bond donors (Lipinski definition) is 0. The molecular weight excluding hydrogens is 222 g/mol. The number of rotatable bonds is 3. The van der Waals surface area contributed by atoms with Crippen LogP contribution in [0.25, 0.3) is 0 Å². The third-order valence-electron chi connectivity index (χ3n) is 1.66. The molecule has 3 heteroatoms. The molecule has 1 rings (SSSR count). The average Bonchev–Trinajstić information content (AvgIpc) is 2.03. The molecule has 0 amide bonds. The lowest BCUT2D eigenvalue weighted by Gasteiger charge is -1.96. The van der Waals surface area contributed by atoms with E-state index in [1.54, 1.807) is 0 Å². The largest absolute Gasteiger partial charge is 0.153 e. The summed E-state index contributed by atoms with van der Waals surface area (Å²) in [7, 11) is 0. The number of hydrogen-bond acceptors (Lipinski definition) is 0. The van der Waals surface area contributed by atoms with Gasteiger partial charge in [-0.15, -0.1) is 24.8 Å². The molecule has 0 nitrogen and oxygen atoms in total. The summed E-state index contributed by atoms with van der Waals surface area (Å²) in [6, 6.07) is 10.6. The van der Waals surface area contributed by atoms with E-state index in [1.807, 2.05) is 0 Å². The Morgan fingerprint density at radius 2 is 1.54 bits per heavy atom. The fourth-order valence-corrected chi connectivity index (χ4v) is 1.03. The molecule has 78 valence electrons. The first-order valence-corrected chi connectivity index (χ1v) is 3.97. The molecule has 0 aliphatic rings. The van der Waals surface area contributed by atoms with Gasteiger partial charge in [0, 0.05) is 0 Å². The monoisotopic (exact) mass is 240 g/mol. The lowest BCUT2D eigenvalue weighted by Crippen LogP contribution is -1.81. The third kappa shape index (κ3) is 8.56. The van der Waals surface area contributed by atoms with Crippen molar-refractivity contribution in [2.75, 3.05) is 0 Å². The smallest absolute Gasteiger partial charge is 0.0279 e. The van der Waals surface area contributed by atoms with Crippen molar-refractivity contribution in [3.05, 3.63) is 35.9 Å². The van der Waals surface area contributed by atoms with E-state index in [4.69, 9.17) is 0 Å². The van der Waals surface area contributed by atoms with E-state index in [2.05, 4.69) is 37.3 Å². The van der Waals surface area contributed by atoms with Crippen molar-refractivity contribution in [2.24, 2.45) is 0 Å². The molecule has 1 unspecified atom stereocenters. The first kappa shape index (κ1) is 18.9. The molecule has 0 aliphatic carbocycles. The minimum Gasteiger partial charge on any atom is -0.153 e. The predicted octanol–water partition coefficient (Wildman–Crippen LogP) is 3.93. The fraction of sp³-hybridized carbons (Fsp3) is 0.400. The second-order valence-corrected chi connectivity index (χ2v) is 2.59. The molecule has 0 heterocycles. The lowest BCUT2D eigenvalue weighted by molar-refractivity contribution is 0.795. The Bertz CT molecular complexity index is 178. The normalized spacial score (nSPS) is 7.46. The highest BCUT2D eigenvalue weighted by molar-refractivity contribution is 6.92. The molecule has 1 aromatic rings. The summed E-state index contributed by atoms with van der Waals surface area (Å²) < 4.78 is 0. The Labute approximate surface area is 96.9 Å². The van der Waals surface area contributed by atoms with Crippen molar-refractivity contribution in [2.45, 2.75) is 26.2 Å². The van der Waals surface area contributed by atoms with Gasteiger partial charge in [0.25, 0.3) is 0 Å². The second-order valence-electron chi connectivity index (χ2n) is 2.59. The van der Waals surface area contributed by atoms with Crippen LogP contribution in [0.5, 0.6) is 0 Å². The van der Waals surface area contributed by atoms with E-state index in [1.165, 1.54) is 24.8 Å². The summed E-state index contributed by atoms with van der Waals surface area (Å²) in [5.41, 5.74) is 1.46. The van der Waals surface area contributed by atoms with Crippen LogP contribution in [0, 0.1) is 0 Å². The third-order valence-corrected chi connectivity index (χ3v) is 1.66. The van der Waals surface area contributed by atoms with E-state index in [0.717, 1.165) is 0 Å². The molecule has 0 N–H and O–H groups in total. The fourth-order valence-electron chi connectivity index (χ4n) is 1.03. The van der Waals surface area contributed by atoms with Crippen molar-refractivity contribution >= 4 is 34.7 Å². The van der Waals surface area contributed by atoms with Crippen molar-refractivity contribution in [3.63, 3.8) is 0 Å². The van der Waals surface area contributed by atoms with Crippen LogP contribution in [0.2, 0.25) is 0 Å². The van der Waals surface area contributed by atoms with Gasteiger partial charge in [-0.2, -0.15) is 9.90 Å². The van der Waals surface area contributed by atoms with Crippen LogP contribution < -0.4 is 0 Å². The standard InChI is InChI=1S/C10H14.2ClH.H3P/c1-2-3-7-10-8-5-4-6-9-10;;;/h4-6,8-9H,2-3,7H2,1H3;2*1H;1H3. The molecule has 0 bridgehead atoms. The molecule has 1 atom stereocenters. The van der Waals surface area contributed by atoms with Gasteiger partial charge in [0.05, 0.1) is 0 Å². The Morgan fingerprint density at radius 3 is 2.00 bits per heavy atom. The van der Waals surface area contributed by atoms with Crippen LogP contribution in [-0.4, -0.2) is 0 Å². The van der Waals surface area contributed by atoms with Gasteiger partial charge in [0.15, 0.2) is 0 Å². The van der Waals surface area contributed by atoms with Crippen LogP contribution in [0.3, 0.4) is 0 Å². The van der Waals surface area contributed by atoms with E-state index in [-0.39, 0.29) is 34.7 Å². The number of benzene rings is 1. The molecular formula is C10H19Cl2P. The maximum absolute atomic E-state index is 2.23. The van der Waals surface area contributed by atoms with Gasteiger partial charge >= 0.3 is 0 Å². The Hall–Kier alpha value is 0.230. The van der Waals surface area contributed by atoms with Crippen molar-refractivity contribution < 1.29 is 0 Å². The number of aryl methyl sites for hydroxylation is 1. The second kappa shape index (κ2) is 12.2. The van der Waals surface area contributed by atoms with Crippen LogP contribution in [0.4, 0.5) is 0 Å². The molecule has 13 heavy (non-hydrogen) atoms. The summed E-state index contributed by atoms with van der Waals surface area (Å²) in [5.74, 6) is 0.